The standard InChI is InChI=1S/C14H16FNO3/c1-9-4-3-5-10(2)11(9)12(17)16-7-6-14(15,8-16)13(18)19/h3-5H,6-8H2,1-2H3,(H,18,19). The molecule has 19 heavy (non-hydrogen) atoms. The third-order valence-corrected chi connectivity index (χ3v) is 3.58. The van der Waals surface area contributed by atoms with Crippen LogP contribution in [0.2, 0.25) is 0 Å². The molecule has 0 aliphatic carbocycles. The lowest BCUT2D eigenvalue weighted by molar-refractivity contribution is -0.149. The van der Waals surface area contributed by atoms with E-state index in [1.165, 1.54) is 4.90 Å². The van der Waals surface area contributed by atoms with Crippen molar-refractivity contribution in [3.05, 3.63) is 34.9 Å². The normalized spacial score (nSPS) is 22.6. The summed E-state index contributed by atoms with van der Waals surface area (Å²) in [6.45, 7) is 3.39. The van der Waals surface area contributed by atoms with Crippen LogP contribution in [-0.4, -0.2) is 40.6 Å². The molecular weight excluding hydrogens is 249 g/mol. The first kappa shape index (κ1) is 13.5. The molecule has 1 atom stereocenters. The molecule has 1 fully saturated rings. The van der Waals surface area contributed by atoms with E-state index in [4.69, 9.17) is 5.11 Å². The van der Waals surface area contributed by atoms with E-state index in [2.05, 4.69) is 0 Å². The van der Waals surface area contributed by atoms with Crippen LogP contribution in [0.1, 0.15) is 27.9 Å². The summed E-state index contributed by atoms with van der Waals surface area (Å²) in [5.74, 6) is -1.79. The Balaban J connectivity index is 2.25. The number of likely N-dealkylation sites (tertiary alicyclic amines) is 1. The molecule has 0 radical (unpaired) electrons. The molecule has 1 unspecified atom stereocenters. The molecule has 4 nitrogen and oxygen atoms in total. The maximum Gasteiger partial charge on any atom is 0.343 e. The fourth-order valence-corrected chi connectivity index (χ4v) is 2.43. The number of carbonyl (C=O) groups is 2. The number of carbonyl (C=O) groups excluding carboxylic acids is 1. The summed E-state index contributed by atoms with van der Waals surface area (Å²) < 4.78 is 14.0. The third kappa shape index (κ3) is 2.32. The van der Waals surface area contributed by atoms with Crippen LogP contribution in [0.3, 0.4) is 0 Å². The third-order valence-electron chi connectivity index (χ3n) is 3.58. The Morgan fingerprint density at radius 2 is 1.89 bits per heavy atom. The second kappa shape index (κ2) is 4.64. The number of aryl methyl sites for hydroxylation is 2. The number of alkyl halides is 1. The van der Waals surface area contributed by atoms with Crippen molar-refractivity contribution in [3.8, 4) is 0 Å². The van der Waals surface area contributed by atoms with Gasteiger partial charge in [0.25, 0.3) is 5.91 Å². The molecule has 1 aliphatic heterocycles. The molecule has 0 aromatic heterocycles. The summed E-state index contributed by atoms with van der Waals surface area (Å²) in [5.41, 5.74) is -0.141. The number of rotatable bonds is 2. The topological polar surface area (TPSA) is 57.6 Å². The summed E-state index contributed by atoms with van der Waals surface area (Å²) in [7, 11) is 0. The van der Waals surface area contributed by atoms with Crippen LogP contribution in [0.25, 0.3) is 0 Å². The molecule has 1 saturated heterocycles. The van der Waals surface area contributed by atoms with Crippen molar-refractivity contribution in [2.45, 2.75) is 25.9 Å². The molecule has 1 amide bonds. The van der Waals surface area contributed by atoms with Crippen LogP contribution in [-0.2, 0) is 4.79 Å². The number of aliphatic carboxylic acids is 1. The minimum atomic E-state index is -2.31. The van der Waals surface area contributed by atoms with Crippen molar-refractivity contribution in [1.29, 1.82) is 0 Å². The van der Waals surface area contributed by atoms with Crippen molar-refractivity contribution in [3.63, 3.8) is 0 Å². The highest BCUT2D eigenvalue weighted by Crippen LogP contribution is 2.28. The number of hydrogen-bond donors (Lipinski definition) is 1. The lowest BCUT2D eigenvalue weighted by Gasteiger charge is -2.20. The molecule has 0 spiro atoms. The van der Waals surface area contributed by atoms with Crippen molar-refractivity contribution in [2.75, 3.05) is 13.1 Å². The van der Waals surface area contributed by atoms with Crippen LogP contribution < -0.4 is 0 Å². The highest BCUT2D eigenvalue weighted by molar-refractivity contribution is 5.98. The first-order valence-electron chi connectivity index (χ1n) is 6.13. The highest BCUT2D eigenvalue weighted by Gasteiger charge is 2.47. The average molecular weight is 265 g/mol. The minimum Gasteiger partial charge on any atom is -0.479 e. The number of amides is 1. The average Bonchev–Trinajstić information content (AvgIpc) is 2.73. The van der Waals surface area contributed by atoms with Gasteiger partial charge in [-0.05, 0) is 25.0 Å². The summed E-state index contributed by atoms with van der Waals surface area (Å²) in [6, 6.07) is 5.48. The van der Waals surface area contributed by atoms with E-state index >= 15 is 0 Å². The predicted octanol–water partition coefficient (Wildman–Crippen LogP) is 1.94. The fraction of sp³-hybridized carbons (Fsp3) is 0.429. The highest BCUT2D eigenvalue weighted by atomic mass is 19.1. The van der Waals surface area contributed by atoms with Crippen LogP contribution in [0.4, 0.5) is 4.39 Å². The van der Waals surface area contributed by atoms with E-state index < -0.39 is 11.6 Å². The zero-order chi connectivity index (χ0) is 14.2. The molecule has 1 aromatic carbocycles. The molecule has 0 saturated carbocycles. The van der Waals surface area contributed by atoms with Gasteiger partial charge in [0, 0.05) is 18.5 Å². The van der Waals surface area contributed by atoms with Gasteiger partial charge < -0.3 is 10.0 Å². The predicted molar refractivity (Wildman–Crippen MR) is 67.9 cm³/mol. The molecule has 1 heterocycles. The van der Waals surface area contributed by atoms with E-state index in [0.717, 1.165) is 11.1 Å². The summed E-state index contributed by atoms with van der Waals surface area (Å²) in [4.78, 5) is 24.5. The monoisotopic (exact) mass is 265 g/mol. The van der Waals surface area contributed by atoms with E-state index in [1.54, 1.807) is 0 Å². The Labute approximate surface area is 110 Å². The summed E-state index contributed by atoms with van der Waals surface area (Å²) in [6.07, 6.45) is -0.154. The minimum absolute atomic E-state index is 0.134. The lowest BCUT2D eigenvalue weighted by Crippen LogP contribution is -2.39. The van der Waals surface area contributed by atoms with Gasteiger partial charge in [-0.15, -0.1) is 0 Å². The second-order valence-electron chi connectivity index (χ2n) is 5.01. The number of nitrogens with zero attached hydrogens (tertiary/aromatic N) is 1. The molecule has 2 rings (SSSR count). The maximum absolute atomic E-state index is 14.0. The molecule has 1 aliphatic rings. The first-order valence-corrected chi connectivity index (χ1v) is 6.13. The molecule has 102 valence electrons. The fourth-order valence-electron chi connectivity index (χ4n) is 2.43. The Bertz CT molecular complexity index is 523. The van der Waals surface area contributed by atoms with E-state index in [-0.39, 0.29) is 25.4 Å². The van der Waals surface area contributed by atoms with Crippen LogP contribution in [0.15, 0.2) is 18.2 Å². The summed E-state index contributed by atoms with van der Waals surface area (Å²) >= 11 is 0. The van der Waals surface area contributed by atoms with Crippen molar-refractivity contribution < 1.29 is 19.1 Å². The Hall–Kier alpha value is -1.91. The molecule has 1 N–H and O–H groups in total. The maximum atomic E-state index is 14.0. The molecule has 5 heteroatoms. The Kier molecular flexibility index (Phi) is 3.30. The molecular formula is C14H16FNO3. The van der Waals surface area contributed by atoms with Crippen molar-refractivity contribution in [2.24, 2.45) is 0 Å². The Morgan fingerprint density at radius 3 is 2.37 bits per heavy atom. The lowest BCUT2D eigenvalue weighted by atomic mass is 10.0. The van der Waals surface area contributed by atoms with Gasteiger partial charge in [0.2, 0.25) is 5.67 Å². The second-order valence-corrected chi connectivity index (χ2v) is 5.01. The molecule has 0 bridgehead atoms. The van der Waals surface area contributed by atoms with Crippen LogP contribution >= 0.6 is 0 Å². The number of carboxylic acids is 1. The largest absolute Gasteiger partial charge is 0.479 e. The van der Waals surface area contributed by atoms with E-state index in [9.17, 15) is 14.0 Å². The van der Waals surface area contributed by atoms with Gasteiger partial charge in [0.1, 0.15) is 0 Å². The van der Waals surface area contributed by atoms with Crippen molar-refractivity contribution >= 4 is 11.9 Å². The van der Waals surface area contributed by atoms with Crippen LogP contribution in [0, 0.1) is 13.8 Å². The SMILES string of the molecule is Cc1cccc(C)c1C(=O)N1CCC(F)(C(=O)O)C1. The van der Waals surface area contributed by atoms with Crippen LogP contribution in [0.5, 0.6) is 0 Å². The quantitative estimate of drug-likeness (QED) is 0.889. The number of carboxylic acid groups (broad SMARTS) is 1. The van der Waals surface area contributed by atoms with Gasteiger partial charge >= 0.3 is 5.97 Å². The number of halogens is 1. The van der Waals surface area contributed by atoms with E-state index in [0.29, 0.717) is 5.56 Å². The van der Waals surface area contributed by atoms with Gasteiger partial charge in [-0.1, -0.05) is 18.2 Å². The first-order chi connectivity index (χ1) is 8.85. The van der Waals surface area contributed by atoms with Gasteiger partial charge in [-0.2, -0.15) is 0 Å². The van der Waals surface area contributed by atoms with Gasteiger partial charge in [0.05, 0.1) is 6.54 Å². The summed E-state index contributed by atoms with van der Waals surface area (Å²) in [5, 5.41) is 8.84. The zero-order valence-corrected chi connectivity index (χ0v) is 10.9. The van der Waals surface area contributed by atoms with Crippen molar-refractivity contribution in [1.82, 2.24) is 4.90 Å². The number of benzene rings is 1. The van der Waals surface area contributed by atoms with Gasteiger partial charge in [-0.25, -0.2) is 9.18 Å². The number of hydrogen-bond acceptors (Lipinski definition) is 2. The zero-order valence-electron chi connectivity index (χ0n) is 10.9. The molecule has 1 aromatic rings. The van der Waals surface area contributed by atoms with Gasteiger partial charge in [-0.3, -0.25) is 4.79 Å². The Morgan fingerprint density at radius 1 is 1.32 bits per heavy atom. The van der Waals surface area contributed by atoms with E-state index in [1.807, 2.05) is 32.0 Å². The smallest absolute Gasteiger partial charge is 0.343 e. The van der Waals surface area contributed by atoms with Gasteiger partial charge in [0.15, 0.2) is 0 Å².